The Morgan fingerprint density at radius 1 is 1.14 bits per heavy atom. The minimum absolute atomic E-state index is 0.0154. The predicted octanol–water partition coefficient (Wildman–Crippen LogP) is 5.29. The molecule has 3 aromatic rings. The molecule has 0 aliphatic carbocycles. The van der Waals surface area contributed by atoms with E-state index in [0.29, 0.717) is 29.4 Å². The molecule has 1 aliphatic heterocycles. The molecule has 1 aliphatic rings. The molecular formula is C27H26N2O6. The first-order valence-electron chi connectivity index (χ1n) is 11.3. The van der Waals surface area contributed by atoms with Crippen molar-refractivity contribution >= 4 is 5.97 Å². The van der Waals surface area contributed by atoms with Crippen molar-refractivity contribution < 1.29 is 28.2 Å². The smallest absolute Gasteiger partial charge is 0.379 e. The lowest BCUT2D eigenvalue weighted by atomic mass is 9.83. The molecular weight excluding hydrogens is 448 g/mol. The normalized spacial score (nSPS) is 14.5. The van der Waals surface area contributed by atoms with E-state index in [1.54, 1.807) is 31.4 Å². The molecule has 2 aromatic carbocycles. The van der Waals surface area contributed by atoms with E-state index in [-0.39, 0.29) is 23.0 Å². The van der Waals surface area contributed by atoms with Crippen LogP contribution < -0.4 is 24.7 Å². The lowest BCUT2D eigenvalue weighted by Crippen LogP contribution is -2.21. The number of furan rings is 1. The summed E-state index contributed by atoms with van der Waals surface area (Å²) in [5.41, 5.74) is 7.87. The first-order chi connectivity index (χ1) is 17.0. The van der Waals surface area contributed by atoms with Crippen LogP contribution >= 0.6 is 0 Å². The van der Waals surface area contributed by atoms with E-state index < -0.39 is 11.9 Å². The Balaban J connectivity index is 1.65. The highest BCUT2D eigenvalue weighted by Gasteiger charge is 2.32. The van der Waals surface area contributed by atoms with Gasteiger partial charge in [0.2, 0.25) is 11.6 Å². The summed E-state index contributed by atoms with van der Waals surface area (Å²) < 4.78 is 27.6. The van der Waals surface area contributed by atoms with Crippen molar-refractivity contribution in [1.29, 1.82) is 5.26 Å². The summed E-state index contributed by atoms with van der Waals surface area (Å²) in [7, 11) is 1.57. The topological polar surface area (TPSA) is 117 Å². The fourth-order valence-corrected chi connectivity index (χ4v) is 3.91. The predicted molar refractivity (Wildman–Crippen MR) is 127 cm³/mol. The standard InChI is InChI=1S/C27H26N2O6/c1-3-4-5-12-32-21-11-8-17(14-24(21)31-2)25-19-10-9-18(34-27(30)22-7-6-13-33-22)15-23(19)35-26(29)20(25)16-28/h6-11,13-15,25H,3-5,12,29H2,1-2H3. The van der Waals surface area contributed by atoms with E-state index in [4.69, 9.17) is 29.1 Å². The molecule has 0 bridgehead atoms. The Bertz CT molecular complexity index is 1270. The molecule has 1 unspecified atom stereocenters. The molecule has 0 spiro atoms. The van der Waals surface area contributed by atoms with Crippen LogP contribution in [0.15, 0.2) is 70.7 Å². The number of nitrogens with two attached hydrogens (primary N) is 1. The number of ether oxygens (including phenoxy) is 4. The van der Waals surface area contributed by atoms with Crippen molar-refractivity contribution in [3.8, 4) is 29.1 Å². The molecule has 1 atom stereocenters. The third-order valence-corrected chi connectivity index (χ3v) is 5.65. The van der Waals surface area contributed by atoms with Gasteiger partial charge in [0.1, 0.15) is 23.1 Å². The van der Waals surface area contributed by atoms with Gasteiger partial charge >= 0.3 is 5.97 Å². The first kappa shape index (κ1) is 23.8. The lowest BCUT2D eigenvalue weighted by molar-refractivity contribution is 0.0701. The number of carbonyl (C=O) groups excluding carboxylic acids is 1. The van der Waals surface area contributed by atoms with Crippen molar-refractivity contribution in [2.45, 2.75) is 32.1 Å². The molecule has 0 amide bonds. The number of benzene rings is 2. The van der Waals surface area contributed by atoms with Gasteiger partial charge in [0.15, 0.2) is 11.5 Å². The lowest BCUT2D eigenvalue weighted by Gasteiger charge is -2.27. The third-order valence-electron chi connectivity index (χ3n) is 5.65. The van der Waals surface area contributed by atoms with Gasteiger partial charge in [0, 0.05) is 11.6 Å². The molecule has 1 aromatic heterocycles. The fourth-order valence-electron chi connectivity index (χ4n) is 3.91. The van der Waals surface area contributed by atoms with Crippen LogP contribution in [0.5, 0.6) is 23.0 Å². The van der Waals surface area contributed by atoms with Gasteiger partial charge < -0.3 is 29.1 Å². The highest BCUT2D eigenvalue weighted by Crippen LogP contribution is 2.45. The third kappa shape index (κ3) is 5.09. The molecule has 0 saturated carbocycles. The molecule has 8 nitrogen and oxygen atoms in total. The van der Waals surface area contributed by atoms with Crippen LogP contribution in [0.25, 0.3) is 0 Å². The van der Waals surface area contributed by atoms with Gasteiger partial charge in [-0.1, -0.05) is 31.9 Å². The van der Waals surface area contributed by atoms with Crippen LogP contribution in [-0.4, -0.2) is 19.7 Å². The zero-order chi connectivity index (χ0) is 24.8. The molecule has 180 valence electrons. The fraction of sp³-hybridized carbons (Fsp3) is 0.259. The SMILES string of the molecule is CCCCCOc1ccc(C2C(C#N)=C(N)Oc3cc(OC(=O)c4ccco4)ccc32)cc1OC. The number of nitrogens with zero attached hydrogens (tertiary/aromatic N) is 1. The number of hydrogen-bond acceptors (Lipinski definition) is 8. The Kier molecular flexibility index (Phi) is 7.27. The second-order valence-electron chi connectivity index (χ2n) is 7.96. The van der Waals surface area contributed by atoms with Gasteiger partial charge in [-0.2, -0.15) is 5.26 Å². The minimum Gasteiger partial charge on any atom is -0.493 e. The number of fused-ring (bicyclic) bond motifs is 1. The minimum atomic E-state index is -0.636. The molecule has 0 saturated heterocycles. The quantitative estimate of drug-likeness (QED) is 0.252. The van der Waals surface area contributed by atoms with Crippen LogP contribution in [-0.2, 0) is 0 Å². The maximum Gasteiger partial charge on any atom is 0.379 e. The molecule has 8 heteroatoms. The number of allylic oxidation sites excluding steroid dienone is 1. The Labute approximate surface area is 203 Å². The van der Waals surface area contributed by atoms with Gasteiger partial charge in [-0.3, -0.25) is 0 Å². The van der Waals surface area contributed by atoms with Gasteiger partial charge in [-0.25, -0.2) is 4.79 Å². The van der Waals surface area contributed by atoms with Gasteiger partial charge in [-0.05, 0) is 42.3 Å². The number of rotatable bonds is 9. The zero-order valence-electron chi connectivity index (χ0n) is 19.6. The second-order valence-corrected chi connectivity index (χ2v) is 7.96. The number of hydrogen-bond donors (Lipinski definition) is 1. The van der Waals surface area contributed by atoms with Crippen molar-refractivity contribution in [3.63, 3.8) is 0 Å². The van der Waals surface area contributed by atoms with Crippen molar-refractivity contribution in [1.82, 2.24) is 0 Å². The summed E-state index contributed by atoms with van der Waals surface area (Å²) in [5.74, 6) is 0.766. The highest BCUT2D eigenvalue weighted by molar-refractivity contribution is 5.88. The molecule has 35 heavy (non-hydrogen) atoms. The summed E-state index contributed by atoms with van der Waals surface area (Å²) in [4.78, 5) is 12.2. The summed E-state index contributed by atoms with van der Waals surface area (Å²) in [6.45, 7) is 2.73. The largest absolute Gasteiger partial charge is 0.493 e. The van der Waals surface area contributed by atoms with Crippen LogP contribution in [0.4, 0.5) is 0 Å². The van der Waals surface area contributed by atoms with Crippen molar-refractivity contribution in [2.24, 2.45) is 5.73 Å². The van der Waals surface area contributed by atoms with E-state index in [2.05, 4.69) is 13.0 Å². The van der Waals surface area contributed by atoms with Gasteiger partial charge in [0.05, 0.1) is 25.9 Å². The van der Waals surface area contributed by atoms with E-state index in [1.165, 1.54) is 12.3 Å². The van der Waals surface area contributed by atoms with Gasteiger partial charge in [0.25, 0.3) is 0 Å². The highest BCUT2D eigenvalue weighted by atomic mass is 16.5. The summed E-state index contributed by atoms with van der Waals surface area (Å²) in [6.07, 6.45) is 4.55. The number of carbonyl (C=O) groups is 1. The van der Waals surface area contributed by atoms with Crippen LogP contribution in [0.3, 0.4) is 0 Å². The summed E-state index contributed by atoms with van der Waals surface area (Å²) in [6, 6.07) is 15.8. The average molecular weight is 475 g/mol. The Morgan fingerprint density at radius 2 is 2.00 bits per heavy atom. The summed E-state index contributed by atoms with van der Waals surface area (Å²) >= 11 is 0. The van der Waals surface area contributed by atoms with Crippen molar-refractivity contribution in [3.05, 3.63) is 83.1 Å². The molecule has 4 rings (SSSR count). The number of unbranched alkanes of at least 4 members (excludes halogenated alkanes) is 2. The molecule has 2 N–H and O–H groups in total. The molecule has 0 fully saturated rings. The molecule has 2 heterocycles. The zero-order valence-corrected chi connectivity index (χ0v) is 19.6. The van der Waals surface area contributed by atoms with Crippen LogP contribution in [0, 0.1) is 11.3 Å². The second kappa shape index (κ2) is 10.7. The van der Waals surface area contributed by atoms with E-state index in [1.807, 2.05) is 18.2 Å². The average Bonchev–Trinajstić information content (AvgIpc) is 3.41. The Morgan fingerprint density at radius 3 is 2.71 bits per heavy atom. The molecule has 0 radical (unpaired) electrons. The monoisotopic (exact) mass is 474 g/mol. The first-order valence-corrected chi connectivity index (χ1v) is 11.3. The van der Waals surface area contributed by atoms with E-state index in [0.717, 1.165) is 24.8 Å². The van der Waals surface area contributed by atoms with E-state index >= 15 is 0 Å². The maximum absolute atomic E-state index is 12.2. The Hall–Kier alpha value is -4.38. The number of esters is 1. The van der Waals surface area contributed by atoms with E-state index in [9.17, 15) is 10.1 Å². The van der Waals surface area contributed by atoms with Crippen LogP contribution in [0.1, 0.15) is 53.8 Å². The number of methoxy groups -OCH3 is 1. The summed E-state index contributed by atoms with van der Waals surface area (Å²) in [5, 5.41) is 9.84. The number of nitriles is 1. The van der Waals surface area contributed by atoms with Crippen molar-refractivity contribution in [2.75, 3.05) is 13.7 Å². The van der Waals surface area contributed by atoms with Gasteiger partial charge in [-0.15, -0.1) is 0 Å². The maximum atomic E-state index is 12.2. The van der Waals surface area contributed by atoms with Crippen LogP contribution in [0.2, 0.25) is 0 Å².